The van der Waals surface area contributed by atoms with Crippen molar-refractivity contribution in [2.75, 3.05) is 19.8 Å². The zero-order valence-electron chi connectivity index (χ0n) is 8.29. The molecule has 4 heteroatoms. The lowest BCUT2D eigenvalue weighted by Gasteiger charge is -2.23. The van der Waals surface area contributed by atoms with Crippen LogP contribution >= 0.6 is 0 Å². The van der Waals surface area contributed by atoms with Gasteiger partial charge in [0, 0.05) is 12.5 Å². The van der Waals surface area contributed by atoms with Gasteiger partial charge in [0.1, 0.15) is 0 Å². The van der Waals surface area contributed by atoms with Gasteiger partial charge in [0.2, 0.25) is 0 Å². The van der Waals surface area contributed by atoms with Crippen molar-refractivity contribution in [3.63, 3.8) is 0 Å². The molecule has 4 nitrogen and oxygen atoms in total. The van der Waals surface area contributed by atoms with Gasteiger partial charge < -0.3 is 14.8 Å². The Morgan fingerprint density at radius 2 is 2.50 bits per heavy atom. The van der Waals surface area contributed by atoms with Crippen molar-refractivity contribution in [1.29, 1.82) is 0 Å². The highest BCUT2D eigenvalue weighted by molar-refractivity contribution is 5.81. The first kappa shape index (κ1) is 11.0. The molecule has 78 valence electrons. The Morgan fingerprint density at radius 3 is 3.07 bits per heavy atom. The topological polar surface area (TPSA) is 47.6 Å². The molecule has 1 aliphatic rings. The van der Waals surface area contributed by atoms with Gasteiger partial charge in [-0.15, -0.1) is 12.3 Å². The van der Waals surface area contributed by atoms with Gasteiger partial charge in [-0.05, 0) is 6.92 Å². The number of amides is 1. The summed E-state index contributed by atoms with van der Waals surface area (Å²) in [6, 6.07) is -0.0157. The molecule has 0 spiro atoms. The molecule has 0 radical (unpaired) electrons. The third-order valence-electron chi connectivity index (χ3n) is 1.92. The first-order chi connectivity index (χ1) is 6.74. The molecule has 2 unspecified atom stereocenters. The van der Waals surface area contributed by atoms with Gasteiger partial charge >= 0.3 is 0 Å². The van der Waals surface area contributed by atoms with Crippen molar-refractivity contribution in [1.82, 2.24) is 5.32 Å². The maximum Gasteiger partial charge on any atom is 0.251 e. The number of terminal acetylenes is 1. The first-order valence-corrected chi connectivity index (χ1v) is 4.67. The lowest BCUT2D eigenvalue weighted by Crippen LogP contribution is -2.45. The minimum Gasteiger partial charge on any atom is -0.376 e. The molecule has 0 saturated carbocycles. The molecule has 1 amide bonds. The van der Waals surface area contributed by atoms with E-state index in [1.54, 1.807) is 0 Å². The predicted molar refractivity (Wildman–Crippen MR) is 51.6 cm³/mol. The molecule has 1 aliphatic heterocycles. The molecule has 1 saturated heterocycles. The van der Waals surface area contributed by atoms with E-state index in [0.717, 1.165) is 0 Å². The highest BCUT2D eigenvalue weighted by Gasteiger charge is 2.23. The third kappa shape index (κ3) is 3.36. The van der Waals surface area contributed by atoms with Gasteiger partial charge in [0.05, 0.1) is 19.8 Å². The molecule has 1 rings (SSSR count). The molecular weight excluding hydrogens is 182 g/mol. The lowest BCUT2D eigenvalue weighted by molar-refractivity contribution is -0.148. The number of carbonyl (C=O) groups is 1. The number of ether oxygens (including phenoxy) is 2. The summed E-state index contributed by atoms with van der Waals surface area (Å²) in [6.07, 6.45) is 5.17. The molecule has 0 aromatic rings. The SMILES string of the molecule is C#CCC(C)NC(=O)C1COCCO1. The number of hydrogen-bond donors (Lipinski definition) is 1. The van der Waals surface area contributed by atoms with Crippen molar-refractivity contribution in [3.05, 3.63) is 0 Å². The molecule has 0 aliphatic carbocycles. The number of rotatable bonds is 3. The van der Waals surface area contributed by atoms with E-state index in [1.165, 1.54) is 0 Å². The van der Waals surface area contributed by atoms with Crippen LogP contribution < -0.4 is 5.32 Å². The summed E-state index contributed by atoms with van der Waals surface area (Å²) < 4.78 is 10.3. The summed E-state index contributed by atoms with van der Waals surface area (Å²) in [5, 5.41) is 2.76. The Bertz CT molecular complexity index is 228. The summed E-state index contributed by atoms with van der Waals surface area (Å²) in [4.78, 5) is 11.5. The van der Waals surface area contributed by atoms with E-state index in [2.05, 4.69) is 11.2 Å². The van der Waals surface area contributed by atoms with Crippen LogP contribution in [0.1, 0.15) is 13.3 Å². The minimum atomic E-state index is -0.482. The Labute approximate surface area is 84.0 Å². The Kier molecular flexibility index (Phi) is 4.44. The van der Waals surface area contributed by atoms with E-state index in [-0.39, 0.29) is 11.9 Å². The van der Waals surface area contributed by atoms with E-state index in [0.29, 0.717) is 26.2 Å². The second kappa shape index (κ2) is 5.63. The summed E-state index contributed by atoms with van der Waals surface area (Å²) >= 11 is 0. The van der Waals surface area contributed by atoms with Crippen molar-refractivity contribution in [2.24, 2.45) is 0 Å². The van der Waals surface area contributed by atoms with E-state index < -0.39 is 6.10 Å². The fourth-order valence-corrected chi connectivity index (χ4v) is 1.20. The molecular formula is C10H15NO3. The monoisotopic (exact) mass is 197 g/mol. The maximum absolute atomic E-state index is 11.5. The second-order valence-electron chi connectivity index (χ2n) is 3.25. The van der Waals surface area contributed by atoms with E-state index in [1.807, 2.05) is 6.92 Å². The number of hydrogen-bond acceptors (Lipinski definition) is 3. The smallest absolute Gasteiger partial charge is 0.251 e. The highest BCUT2D eigenvalue weighted by Crippen LogP contribution is 2.01. The summed E-state index contributed by atoms with van der Waals surface area (Å²) in [6.45, 7) is 3.22. The van der Waals surface area contributed by atoms with Crippen molar-refractivity contribution < 1.29 is 14.3 Å². The summed E-state index contributed by atoms with van der Waals surface area (Å²) in [5.74, 6) is 2.34. The van der Waals surface area contributed by atoms with Crippen LogP contribution in [0.25, 0.3) is 0 Å². The minimum absolute atomic E-state index is 0.0157. The predicted octanol–water partition coefficient (Wildman–Crippen LogP) is -0.0702. The molecule has 0 aromatic heterocycles. The number of carbonyl (C=O) groups excluding carboxylic acids is 1. The quantitative estimate of drug-likeness (QED) is 0.644. The van der Waals surface area contributed by atoms with E-state index >= 15 is 0 Å². The maximum atomic E-state index is 11.5. The summed E-state index contributed by atoms with van der Waals surface area (Å²) in [7, 11) is 0. The lowest BCUT2D eigenvalue weighted by atomic mass is 10.2. The summed E-state index contributed by atoms with van der Waals surface area (Å²) in [5.41, 5.74) is 0. The van der Waals surface area contributed by atoms with Crippen LogP contribution in [0.5, 0.6) is 0 Å². The average molecular weight is 197 g/mol. The second-order valence-corrected chi connectivity index (χ2v) is 3.25. The molecule has 1 N–H and O–H groups in total. The molecule has 1 fully saturated rings. The Morgan fingerprint density at radius 1 is 1.71 bits per heavy atom. The van der Waals surface area contributed by atoms with Gasteiger partial charge in [0.25, 0.3) is 5.91 Å². The van der Waals surface area contributed by atoms with Crippen molar-refractivity contribution in [3.8, 4) is 12.3 Å². The Balaban J connectivity index is 2.30. The van der Waals surface area contributed by atoms with Crippen LogP contribution in [0, 0.1) is 12.3 Å². The van der Waals surface area contributed by atoms with Gasteiger partial charge in [-0.1, -0.05) is 0 Å². The molecule has 0 bridgehead atoms. The largest absolute Gasteiger partial charge is 0.376 e. The molecule has 14 heavy (non-hydrogen) atoms. The standard InChI is InChI=1S/C10H15NO3/c1-3-4-8(2)11-10(12)9-7-13-5-6-14-9/h1,8-9H,4-7H2,2H3,(H,11,12). The number of nitrogens with one attached hydrogen (secondary N) is 1. The molecule has 2 atom stereocenters. The van der Waals surface area contributed by atoms with Crippen LogP contribution in [0.15, 0.2) is 0 Å². The zero-order chi connectivity index (χ0) is 10.4. The van der Waals surface area contributed by atoms with E-state index in [9.17, 15) is 4.79 Å². The highest BCUT2D eigenvalue weighted by atomic mass is 16.6. The zero-order valence-corrected chi connectivity index (χ0v) is 8.29. The van der Waals surface area contributed by atoms with Crippen LogP contribution in [0.4, 0.5) is 0 Å². The molecule has 1 heterocycles. The first-order valence-electron chi connectivity index (χ1n) is 4.67. The average Bonchev–Trinajstić information content (AvgIpc) is 2.19. The normalized spacial score (nSPS) is 23.6. The third-order valence-corrected chi connectivity index (χ3v) is 1.92. The fraction of sp³-hybridized carbons (Fsp3) is 0.700. The van der Waals surface area contributed by atoms with E-state index in [4.69, 9.17) is 15.9 Å². The van der Waals surface area contributed by atoms with Gasteiger partial charge in [-0.2, -0.15) is 0 Å². The Hall–Kier alpha value is -1.05. The van der Waals surface area contributed by atoms with Crippen LogP contribution in [-0.2, 0) is 14.3 Å². The van der Waals surface area contributed by atoms with Crippen molar-refractivity contribution in [2.45, 2.75) is 25.5 Å². The van der Waals surface area contributed by atoms with Gasteiger partial charge in [-0.3, -0.25) is 4.79 Å². The van der Waals surface area contributed by atoms with Crippen molar-refractivity contribution >= 4 is 5.91 Å². The van der Waals surface area contributed by atoms with Crippen LogP contribution in [0.3, 0.4) is 0 Å². The van der Waals surface area contributed by atoms with Crippen LogP contribution in [0.2, 0.25) is 0 Å². The fourth-order valence-electron chi connectivity index (χ4n) is 1.20. The van der Waals surface area contributed by atoms with Gasteiger partial charge in [0.15, 0.2) is 6.10 Å². The van der Waals surface area contributed by atoms with Crippen LogP contribution in [-0.4, -0.2) is 37.9 Å². The van der Waals surface area contributed by atoms with Gasteiger partial charge in [-0.25, -0.2) is 0 Å². The molecule has 0 aromatic carbocycles.